The van der Waals surface area contributed by atoms with Crippen LogP contribution in [0, 0.1) is 13.8 Å². The Bertz CT molecular complexity index is 386. The maximum atomic E-state index is 5.95. The third-order valence-corrected chi connectivity index (χ3v) is 3.87. The molecule has 0 aliphatic carbocycles. The quantitative estimate of drug-likeness (QED) is 0.881. The molecule has 1 aromatic rings. The summed E-state index contributed by atoms with van der Waals surface area (Å²) in [5, 5.41) is 0. The van der Waals surface area contributed by atoms with E-state index in [1.807, 2.05) is 0 Å². The maximum Gasteiger partial charge on any atom is 0.0594 e. The molecule has 0 amide bonds. The summed E-state index contributed by atoms with van der Waals surface area (Å²) in [5.74, 6) is 0.433. The number of rotatable bonds is 4. The minimum Gasteiger partial charge on any atom is -0.379 e. The van der Waals surface area contributed by atoms with Crippen molar-refractivity contribution < 1.29 is 4.74 Å². The summed E-state index contributed by atoms with van der Waals surface area (Å²) in [6.45, 7) is 9.83. The van der Waals surface area contributed by atoms with E-state index in [0.29, 0.717) is 12.5 Å². The number of hydrogen-bond acceptors (Lipinski definition) is 3. The van der Waals surface area contributed by atoms with E-state index in [9.17, 15) is 0 Å². The number of aryl methyl sites for hydroxylation is 2. The topological polar surface area (TPSA) is 38.5 Å². The second-order valence-corrected chi connectivity index (χ2v) is 5.19. The lowest BCUT2D eigenvalue weighted by atomic mass is 9.95. The predicted octanol–water partition coefficient (Wildman–Crippen LogP) is 1.68. The third kappa shape index (κ3) is 3.31. The van der Waals surface area contributed by atoms with Crippen molar-refractivity contribution >= 4 is 0 Å². The van der Waals surface area contributed by atoms with Crippen molar-refractivity contribution in [3.63, 3.8) is 0 Å². The first-order chi connectivity index (χ1) is 8.70. The monoisotopic (exact) mass is 248 g/mol. The van der Waals surface area contributed by atoms with Gasteiger partial charge in [-0.25, -0.2) is 0 Å². The fraction of sp³-hybridized carbons (Fsp3) is 0.600. The molecule has 1 unspecified atom stereocenters. The highest BCUT2D eigenvalue weighted by atomic mass is 16.5. The molecule has 1 saturated heterocycles. The summed E-state index contributed by atoms with van der Waals surface area (Å²) in [6, 6.07) is 6.71. The van der Waals surface area contributed by atoms with Crippen LogP contribution in [0.5, 0.6) is 0 Å². The van der Waals surface area contributed by atoms with Gasteiger partial charge in [-0.05, 0) is 30.5 Å². The average Bonchev–Trinajstić information content (AvgIpc) is 2.40. The molecule has 1 aliphatic heterocycles. The molecule has 0 radical (unpaired) electrons. The fourth-order valence-electron chi connectivity index (χ4n) is 2.43. The van der Waals surface area contributed by atoms with E-state index in [2.05, 4.69) is 36.9 Å². The number of benzene rings is 1. The van der Waals surface area contributed by atoms with Gasteiger partial charge in [0, 0.05) is 32.1 Å². The Morgan fingerprint density at radius 3 is 2.56 bits per heavy atom. The minimum atomic E-state index is 0.433. The molecule has 1 aliphatic rings. The van der Waals surface area contributed by atoms with Gasteiger partial charge in [-0.3, -0.25) is 4.90 Å². The van der Waals surface area contributed by atoms with Gasteiger partial charge in [-0.2, -0.15) is 0 Å². The molecule has 0 spiro atoms. The zero-order chi connectivity index (χ0) is 13.0. The van der Waals surface area contributed by atoms with Crippen molar-refractivity contribution in [2.24, 2.45) is 5.73 Å². The molecule has 0 bridgehead atoms. The van der Waals surface area contributed by atoms with Crippen molar-refractivity contribution in [3.8, 4) is 0 Å². The lowest BCUT2D eigenvalue weighted by Crippen LogP contribution is -2.40. The Morgan fingerprint density at radius 2 is 1.94 bits per heavy atom. The van der Waals surface area contributed by atoms with Gasteiger partial charge >= 0.3 is 0 Å². The Balaban J connectivity index is 2.04. The SMILES string of the molecule is Cc1ccc(C(CN)CN2CCOCC2)cc1C. The lowest BCUT2D eigenvalue weighted by Gasteiger charge is -2.30. The molecular weight excluding hydrogens is 224 g/mol. The van der Waals surface area contributed by atoms with Gasteiger partial charge in [0.15, 0.2) is 0 Å². The molecule has 1 heterocycles. The van der Waals surface area contributed by atoms with E-state index in [-0.39, 0.29) is 0 Å². The fourth-order valence-corrected chi connectivity index (χ4v) is 2.43. The second kappa shape index (κ2) is 6.32. The summed E-state index contributed by atoms with van der Waals surface area (Å²) in [7, 11) is 0. The number of hydrogen-bond donors (Lipinski definition) is 1. The Labute approximate surface area is 110 Å². The van der Waals surface area contributed by atoms with Crippen LogP contribution in [0.3, 0.4) is 0 Å². The van der Waals surface area contributed by atoms with E-state index in [1.165, 1.54) is 16.7 Å². The Morgan fingerprint density at radius 1 is 1.22 bits per heavy atom. The van der Waals surface area contributed by atoms with E-state index in [1.54, 1.807) is 0 Å². The van der Waals surface area contributed by atoms with E-state index >= 15 is 0 Å². The van der Waals surface area contributed by atoms with Crippen LogP contribution in [-0.2, 0) is 4.74 Å². The highest BCUT2D eigenvalue weighted by Gasteiger charge is 2.17. The van der Waals surface area contributed by atoms with E-state index in [0.717, 1.165) is 32.8 Å². The Kier molecular flexibility index (Phi) is 4.75. The summed E-state index contributed by atoms with van der Waals surface area (Å²) < 4.78 is 5.38. The molecule has 2 rings (SSSR count). The molecule has 1 atom stereocenters. The van der Waals surface area contributed by atoms with Crippen molar-refractivity contribution in [1.29, 1.82) is 0 Å². The molecule has 2 N–H and O–H groups in total. The Hall–Kier alpha value is -0.900. The molecule has 3 heteroatoms. The van der Waals surface area contributed by atoms with Gasteiger partial charge < -0.3 is 10.5 Å². The standard InChI is InChI=1S/C15H24N2O/c1-12-3-4-14(9-13(12)2)15(10-16)11-17-5-7-18-8-6-17/h3-4,9,15H,5-8,10-11,16H2,1-2H3. The zero-order valence-corrected chi connectivity index (χ0v) is 11.5. The van der Waals surface area contributed by atoms with Gasteiger partial charge in [0.25, 0.3) is 0 Å². The van der Waals surface area contributed by atoms with Crippen LogP contribution in [0.15, 0.2) is 18.2 Å². The number of nitrogens with zero attached hydrogens (tertiary/aromatic N) is 1. The summed E-state index contributed by atoms with van der Waals surface area (Å²) in [5.41, 5.74) is 10.0. The zero-order valence-electron chi connectivity index (χ0n) is 11.5. The van der Waals surface area contributed by atoms with Crippen LogP contribution in [0.2, 0.25) is 0 Å². The summed E-state index contributed by atoms with van der Waals surface area (Å²) in [6.07, 6.45) is 0. The molecule has 0 saturated carbocycles. The summed E-state index contributed by atoms with van der Waals surface area (Å²) in [4.78, 5) is 2.45. The number of morpholine rings is 1. The van der Waals surface area contributed by atoms with Gasteiger partial charge in [0.1, 0.15) is 0 Å². The van der Waals surface area contributed by atoms with E-state index < -0.39 is 0 Å². The molecule has 18 heavy (non-hydrogen) atoms. The number of nitrogens with two attached hydrogens (primary N) is 1. The molecule has 0 aromatic heterocycles. The first-order valence-corrected chi connectivity index (χ1v) is 6.78. The van der Waals surface area contributed by atoms with Crippen LogP contribution < -0.4 is 5.73 Å². The van der Waals surface area contributed by atoms with Crippen molar-refractivity contribution in [1.82, 2.24) is 4.90 Å². The molecule has 3 nitrogen and oxygen atoms in total. The predicted molar refractivity (Wildman–Crippen MR) is 75.0 cm³/mol. The number of ether oxygens (including phenoxy) is 1. The maximum absolute atomic E-state index is 5.95. The van der Waals surface area contributed by atoms with Gasteiger partial charge in [0.05, 0.1) is 13.2 Å². The van der Waals surface area contributed by atoms with Crippen molar-refractivity contribution in [3.05, 3.63) is 34.9 Å². The molecule has 100 valence electrons. The lowest BCUT2D eigenvalue weighted by molar-refractivity contribution is 0.0353. The largest absolute Gasteiger partial charge is 0.379 e. The third-order valence-electron chi connectivity index (χ3n) is 3.87. The normalized spacial score (nSPS) is 18.8. The first kappa shape index (κ1) is 13.5. The molecule has 1 aromatic carbocycles. The highest BCUT2D eigenvalue weighted by molar-refractivity contribution is 5.32. The molecule has 1 fully saturated rings. The van der Waals surface area contributed by atoms with Crippen molar-refractivity contribution in [2.45, 2.75) is 19.8 Å². The van der Waals surface area contributed by atoms with E-state index in [4.69, 9.17) is 10.5 Å². The van der Waals surface area contributed by atoms with Crippen LogP contribution in [0.1, 0.15) is 22.6 Å². The van der Waals surface area contributed by atoms with Crippen LogP contribution in [0.25, 0.3) is 0 Å². The van der Waals surface area contributed by atoms with Crippen LogP contribution in [-0.4, -0.2) is 44.3 Å². The minimum absolute atomic E-state index is 0.433. The van der Waals surface area contributed by atoms with Crippen LogP contribution in [0.4, 0.5) is 0 Å². The summed E-state index contributed by atoms with van der Waals surface area (Å²) >= 11 is 0. The van der Waals surface area contributed by atoms with Crippen molar-refractivity contribution in [2.75, 3.05) is 39.4 Å². The van der Waals surface area contributed by atoms with Crippen LogP contribution >= 0.6 is 0 Å². The van der Waals surface area contributed by atoms with Gasteiger partial charge in [-0.1, -0.05) is 18.2 Å². The second-order valence-electron chi connectivity index (χ2n) is 5.19. The highest BCUT2D eigenvalue weighted by Crippen LogP contribution is 2.20. The smallest absolute Gasteiger partial charge is 0.0594 e. The molecular formula is C15H24N2O. The van der Waals surface area contributed by atoms with Gasteiger partial charge in [-0.15, -0.1) is 0 Å². The first-order valence-electron chi connectivity index (χ1n) is 6.78. The van der Waals surface area contributed by atoms with Gasteiger partial charge in [0.2, 0.25) is 0 Å². The average molecular weight is 248 g/mol.